The molecule has 1 atom stereocenters. The molecule has 2 N–H and O–H groups in total. The van der Waals surface area contributed by atoms with Gasteiger partial charge in [0.2, 0.25) is 0 Å². The van der Waals surface area contributed by atoms with Crippen LogP contribution in [0, 0.1) is 13.8 Å². The van der Waals surface area contributed by atoms with Gasteiger partial charge in [0.05, 0.1) is 24.6 Å². The number of hydrogen-bond acceptors (Lipinski definition) is 4. The van der Waals surface area contributed by atoms with Gasteiger partial charge in [-0.05, 0) is 48.7 Å². The number of hydrazone groups is 1. The van der Waals surface area contributed by atoms with Gasteiger partial charge in [0.25, 0.3) is 0 Å². The zero-order valence-corrected chi connectivity index (χ0v) is 13.9. The molecule has 23 heavy (non-hydrogen) atoms. The van der Waals surface area contributed by atoms with Gasteiger partial charge in [0.1, 0.15) is 5.75 Å². The van der Waals surface area contributed by atoms with Crippen LogP contribution >= 0.6 is 0 Å². The highest BCUT2D eigenvalue weighted by atomic mass is 16.5. The van der Waals surface area contributed by atoms with E-state index in [2.05, 4.69) is 49.2 Å². The van der Waals surface area contributed by atoms with Crippen molar-refractivity contribution in [2.45, 2.75) is 26.3 Å². The molecule has 4 heteroatoms. The monoisotopic (exact) mass is 309 g/mol. The first-order valence-electron chi connectivity index (χ1n) is 7.89. The van der Waals surface area contributed by atoms with Crippen LogP contribution < -0.4 is 15.5 Å². The van der Waals surface area contributed by atoms with Crippen LogP contribution in [0.25, 0.3) is 0 Å². The normalized spacial score (nSPS) is 17.3. The number of rotatable bonds is 4. The third-order valence-corrected chi connectivity index (χ3v) is 4.30. The molecule has 0 saturated heterocycles. The van der Waals surface area contributed by atoms with Gasteiger partial charge < -0.3 is 10.5 Å². The molecule has 0 radical (unpaired) electrons. The molecular weight excluding hydrogens is 286 g/mol. The molecule has 2 aromatic rings. The molecule has 0 amide bonds. The van der Waals surface area contributed by atoms with Crippen molar-refractivity contribution in [2.24, 2.45) is 10.8 Å². The van der Waals surface area contributed by atoms with E-state index in [9.17, 15) is 0 Å². The Balaban J connectivity index is 2.03. The fraction of sp³-hybridized carbons (Fsp3) is 0.316. The van der Waals surface area contributed by atoms with Crippen molar-refractivity contribution in [3.05, 3.63) is 59.2 Å². The topological polar surface area (TPSA) is 50.9 Å². The van der Waals surface area contributed by atoms with E-state index < -0.39 is 0 Å². The Labute approximate surface area is 137 Å². The van der Waals surface area contributed by atoms with Gasteiger partial charge in [-0.15, -0.1) is 0 Å². The van der Waals surface area contributed by atoms with Crippen molar-refractivity contribution in [1.29, 1.82) is 0 Å². The number of aryl methyl sites for hydroxylation is 2. The zero-order valence-electron chi connectivity index (χ0n) is 13.9. The van der Waals surface area contributed by atoms with Crippen molar-refractivity contribution < 1.29 is 4.74 Å². The quantitative estimate of drug-likeness (QED) is 0.939. The number of hydrogen-bond donors (Lipinski definition) is 1. The number of ether oxygens (including phenoxy) is 1. The van der Waals surface area contributed by atoms with E-state index in [1.165, 1.54) is 16.7 Å². The Morgan fingerprint density at radius 2 is 2.04 bits per heavy atom. The molecule has 0 fully saturated rings. The largest absolute Gasteiger partial charge is 0.497 e. The maximum absolute atomic E-state index is 5.86. The number of nitrogens with two attached hydrogens (primary N) is 1. The number of benzene rings is 2. The SMILES string of the molecule is COc1cccc(C2CC(CN)=NN2c2cc(C)ccc2C)c1. The van der Waals surface area contributed by atoms with Gasteiger partial charge in [-0.1, -0.05) is 24.3 Å². The first kappa shape index (κ1) is 15.6. The number of anilines is 1. The minimum atomic E-state index is 0.157. The minimum Gasteiger partial charge on any atom is -0.497 e. The van der Waals surface area contributed by atoms with Gasteiger partial charge >= 0.3 is 0 Å². The lowest BCUT2D eigenvalue weighted by Gasteiger charge is -2.26. The summed E-state index contributed by atoms with van der Waals surface area (Å²) in [4.78, 5) is 0. The van der Waals surface area contributed by atoms with Gasteiger partial charge in [-0.3, -0.25) is 5.01 Å². The lowest BCUT2D eigenvalue weighted by Crippen LogP contribution is -2.19. The lowest BCUT2D eigenvalue weighted by molar-refractivity contribution is 0.414. The first-order chi connectivity index (χ1) is 11.1. The van der Waals surface area contributed by atoms with Crippen LogP contribution in [0.4, 0.5) is 5.69 Å². The summed E-state index contributed by atoms with van der Waals surface area (Å²) in [5, 5.41) is 6.89. The maximum atomic E-state index is 5.86. The summed E-state index contributed by atoms with van der Waals surface area (Å²) in [7, 11) is 1.69. The van der Waals surface area contributed by atoms with Gasteiger partial charge in [-0.25, -0.2) is 0 Å². The summed E-state index contributed by atoms with van der Waals surface area (Å²) in [6, 6.07) is 14.8. The summed E-state index contributed by atoms with van der Waals surface area (Å²) in [5.41, 5.74) is 11.7. The van der Waals surface area contributed by atoms with Gasteiger partial charge in [0.15, 0.2) is 0 Å². The molecule has 1 aliphatic rings. The Bertz CT molecular complexity index is 739. The van der Waals surface area contributed by atoms with E-state index in [1.54, 1.807) is 7.11 Å². The third-order valence-electron chi connectivity index (χ3n) is 4.30. The predicted octanol–water partition coefficient (Wildman–Crippen LogP) is 3.58. The summed E-state index contributed by atoms with van der Waals surface area (Å²) in [6.07, 6.45) is 0.844. The van der Waals surface area contributed by atoms with Crippen LogP contribution in [0.5, 0.6) is 5.75 Å². The fourth-order valence-corrected chi connectivity index (χ4v) is 2.99. The highest BCUT2D eigenvalue weighted by Gasteiger charge is 2.29. The fourth-order valence-electron chi connectivity index (χ4n) is 2.99. The highest BCUT2D eigenvalue weighted by molar-refractivity contribution is 5.90. The molecule has 0 spiro atoms. The molecule has 0 bridgehead atoms. The Hall–Kier alpha value is -2.33. The molecule has 1 heterocycles. The van der Waals surface area contributed by atoms with E-state index in [0.717, 1.165) is 23.6 Å². The molecule has 120 valence electrons. The van der Waals surface area contributed by atoms with Crippen molar-refractivity contribution >= 4 is 11.4 Å². The summed E-state index contributed by atoms with van der Waals surface area (Å²) >= 11 is 0. The van der Waals surface area contributed by atoms with Crippen molar-refractivity contribution in [1.82, 2.24) is 0 Å². The molecule has 3 rings (SSSR count). The average molecular weight is 309 g/mol. The predicted molar refractivity (Wildman–Crippen MR) is 95.2 cm³/mol. The van der Waals surface area contributed by atoms with Crippen molar-refractivity contribution in [3.8, 4) is 5.75 Å². The summed E-state index contributed by atoms with van der Waals surface area (Å²) < 4.78 is 5.37. The molecule has 0 saturated carbocycles. The Kier molecular flexibility index (Phi) is 4.35. The van der Waals surface area contributed by atoms with Gasteiger partial charge in [0, 0.05) is 13.0 Å². The van der Waals surface area contributed by atoms with Crippen LogP contribution in [0.15, 0.2) is 47.6 Å². The summed E-state index contributed by atoms with van der Waals surface area (Å²) in [6.45, 7) is 4.71. The van der Waals surface area contributed by atoms with Crippen LogP contribution in [-0.2, 0) is 0 Å². The van der Waals surface area contributed by atoms with E-state index in [0.29, 0.717) is 6.54 Å². The maximum Gasteiger partial charge on any atom is 0.119 e. The van der Waals surface area contributed by atoms with Crippen LogP contribution in [0.1, 0.15) is 29.2 Å². The summed E-state index contributed by atoms with van der Waals surface area (Å²) in [5.74, 6) is 0.865. The second-order valence-electron chi connectivity index (χ2n) is 6.00. The second kappa shape index (κ2) is 6.42. The van der Waals surface area contributed by atoms with Crippen LogP contribution in [0.3, 0.4) is 0 Å². The Morgan fingerprint density at radius 3 is 2.78 bits per heavy atom. The van der Waals surface area contributed by atoms with Crippen molar-refractivity contribution in [2.75, 3.05) is 18.7 Å². The highest BCUT2D eigenvalue weighted by Crippen LogP contribution is 2.37. The van der Waals surface area contributed by atoms with E-state index in [-0.39, 0.29) is 6.04 Å². The van der Waals surface area contributed by atoms with Gasteiger partial charge in [-0.2, -0.15) is 5.10 Å². The standard InChI is InChI=1S/C19H23N3O/c1-13-7-8-14(2)18(9-13)22-19(11-16(12-20)21-22)15-5-4-6-17(10-15)23-3/h4-10,19H,11-12,20H2,1-3H3. The minimum absolute atomic E-state index is 0.157. The number of methoxy groups -OCH3 is 1. The van der Waals surface area contributed by atoms with Crippen LogP contribution in [-0.4, -0.2) is 19.4 Å². The molecule has 2 aromatic carbocycles. The van der Waals surface area contributed by atoms with E-state index in [1.807, 2.05) is 12.1 Å². The van der Waals surface area contributed by atoms with Crippen molar-refractivity contribution in [3.63, 3.8) is 0 Å². The molecule has 4 nitrogen and oxygen atoms in total. The molecule has 1 aliphatic heterocycles. The third kappa shape index (κ3) is 3.08. The second-order valence-corrected chi connectivity index (χ2v) is 6.00. The molecule has 1 unspecified atom stereocenters. The van der Waals surface area contributed by atoms with Crippen LogP contribution in [0.2, 0.25) is 0 Å². The molecule has 0 aliphatic carbocycles. The van der Waals surface area contributed by atoms with E-state index >= 15 is 0 Å². The zero-order chi connectivity index (χ0) is 16.4. The van der Waals surface area contributed by atoms with E-state index in [4.69, 9.17) is 15.6 Å². The molecular formula is C19H23N3O. The first-order valence-corrected chi connectivity index (χ1v) is 7.89. The lowest BCUT2D eigenvalue weighted by atomic mass is 10.00. The number of nitrogens with zero attached hydrogens (tertiary/aromatic N) is 2. The molecule has 0 aromatic heterocycles. The smallest absolute Gasteiger partial charge is 0.119 e. The Morgan fingerprint density at radius 1 is 1.22 bits per heavy atom. The average Bonchev–Trinajstić information content (AvgIpc) is 3.01.